The van der Waals surface area contributed by atoms with Crippen LogP contribution in [-0.4, -0.2) is 30.6 Å². The quantitative estimate of drug-likeness (QED) is 0.773. The zero-order valence-electron chi connectivity index (χ0n) is 8.98. The summed E-state index contributed by atoms with van der Waals surface area (Å²) in [5.41, 5.74) is 1.02. The first-order valence-electron chi connectivity index (χ1n) is 5.08. The van der Waals surface area contributed by atoms with Crippen LogP contribution in [0.1, 0.15) is 24.5 Å². The lowest BCUT2D eigenvalue weighted by Gasteiger charge is -2.13. The van der Waals surface area contributed by atoms with Crippen LogP contribution in [0.15, 0.2) is 30.3 Å². The highest BCUT2D eigenvalue weighted by Crippen LogP contribution is 2.17. The predicted molar refractivity (Wildman–Crippen MR) is 59.2 cm³/mol. The van der Waals surface area contributed by atoms with Crippen molar-refractivity contribution in [2.45, 2.75) is 18.9 Å². The van der Waals surface area contributed by atoms with Crippen molar-refractivity contribution in [3.05, 3.63) is 35.9 Å². The van der Waals surface area contributed by atoms with Crippen molar-refractivity contribution in [1.82, 2.24) is 4.90 Å². The van der Waals surface area contributed by atoms with Crippen molar-refractivity contribution in [3.63, 3.8) is 0 Å². The van der Waals surface area contributed by atoms with Crippen molar-refractivity contribution < 1.29 is 5.11 Å². The molecule has 0 aliphatic heterocycles. The first-order chi connectivity index (χ1) is 6.70. The fraction of sp³-hybridized carbons (Fsp3) is 0.500. The molecule has 2 heteroatoms. The van der Waals surface area contributed by atoms with Crippen LogP contribution in [-0.2, 0) is 0 Å². The second-order valence-electron chi connectivity index (χ2n) is 3.87. The van der Waals surface area contributed by atoms with E-state index in [1.54, 1.807) is 0 Å². The molecule has 1 N–H and O–H groups in total. The van der Waals surface area contributed by atoms with Gasteiger partial charge in [-0.2, -0.15) is 0 Å². The van der Waals surface area contributed by atoms with Gasteiger partial charge in [0.2, 0.25) is 0 Å². The molecule has 0 radical (unpaired) electrons. The normalized spacial score (nSPS) is 13.1. The Labute approximate surface area is 86.2 Å². The molecular weight excluding hydrogens is 174 g/mol. The minimum atomic E-state index is -0.309. The molecule has 1 unspecified atom stereocenters. The maximum Gasteiger partial charge on any atom is 0.0790 e. The summed E-state index contributed by atoms with van der Waals surface area (Å²) in [5.74, 6) is 0. The Kier molecular flexibility index (Phi) is 4.63. The summed E-state index contributed by atoms with van der Waals surface area (Å²) in [6.45, 7) is 1.03. The molecule has 0 saturated carbocycles. The summed E-state index contributed by atoms with van der Waals surface area (Å²) in [5, 5.41) is 9.81. The van der Waals surface area contributed by atoms with E-state index in [1.807, 2.05) is 30.3 Å². The van der Waals surface area contributed by atoms with Gasteiger partial charge in [0.25, 0.3) is 0 Å². The van der Waals surface area contributed by atoms with Gasteiger partial charge in [-0.3, -0.25) is 0 Å². The zero-order valence-corrected chi connectivity index (χ0v) is 8.98. The van der Waals surface area contributed by atoms with Crippen molar-refractivity contribution >= 4 is 0 Å². The molecule has 0 saturated heterocycles. The highest BCUT2D eigenvalue weighted by molar-refractivity contribution is 5.16. The molecule has 0 aliphatic rings. The Morgan fingerprint density at radius 1 is 1.21 bits per heavy atom. The van der Waals surface area contributed by atoms with Gasteiger partial charge in [0.1, 0.15) is 0 Å². The largest absolute Gasteiger partial charge is 0.388 e. The predicted octanol–water partition coefficient (Wildman–Crippen LogP) is 2.06. The molecule has 14 heavy (non-hydrogen) atoms. The molecule has 2 nitrogen and oxygen atoms in total. The monoisotopic (exact) mass is 193 g/mol. The van der Waals surface area contributed by atoms with E-state index in [1.165, 1.54) is 0 Å². The first kappa shape index (κ1) is 11.2. The van der Waals surface area contributed by atoms with E-state index < -0.39 is 0 Å². The number of hydrogen-bond donors (Lipinski definition) is 1. The molecule has 0 heterocycles. The Hall–Kier alpha value is -0.860. The number of aliphatic hydroxyl groups is 1. The topological polar surface area (TPSA) is 23.5 Å². The zero-order chi connectivity index (χ0) is 10.4. The third-order valence-corrected chi connectivity index (χ3v) is 2.27. The lowest BCUT2D eigenvalue weighted by Crippen LogP contribution is -2.13. The Morgan fingerprint density at radius 2 is 1.86 bits per heavy atom. The molecule has 0 bridgehead atoms. The molecule has 0 amide bonds. The number of aliphatic hydroxyl groups excluding tert-OH is 1. The second kappa shape index (κ2) is 5.78. The van der Waals surface area contributed by atoms with Crippen LogP contribution < -0.4 is 0 Å². The molecule has 0 aromatic heterocycles. The van der Waals surface area contributed by atoms with Crippen molar-refractivity contribution in [2.75, 3.05) is 20.6 Å². The summed E-state index contributed by atoms with van der Waals surface area (Å²) in [7, 11) is 4.10. The van der Waals surface area contributed by atoms with E-state index in [4.69, 9.17) is 0 Å². The summed E-state index contributed by atoms with van der Waals surface area (Å²) in [6, 6.07) is 9.84. The summed E-state index contributed by atoms with van der Waals surface area (Å²) in [6.07, 6.45) is 1.56. The Bertz CT molecular complexity index is 246. The average molecular weight is 193 g/mol. The van der Waals surface area contributed by atoms with E-state index in [9.17, 15) is 5.11 Å². The van der Waals surface area contributed by atoms with Crippen molar-refractivity contribution in [1.29, 1.82) is 0 Å². The summed E-state index contributed by atoms with van der Waals surface area (Å²) >= 11 is 0. The molecular formula is C12H19NO. The van der Waals surface area contributed by atoms with Crippen LogP contribution in [0.4, 0.5) is 0 Å². The third kappa shape index (κ3) is 3.90. The van der Waals surface area contributed by atoms with Gasteiger partial charge >= 0.3 is 0 Å². The molecule has 0 fully saturated rings. The third-order valence-electron chi connectivity index (χ3n) is 2.27. The standard InChI is InChI=1S/C12H19NO/c1-13(2)10-6-9-12(14)11-7-4-3-5-8-11/h3-5,7-8,12,14H,6,9-10H2,1-2H3. The number of nitrogens with zero attached hydrogens (tertiary/aromatic N) is 1. The van der Waals surface area contributed by atoms with Crippen LogP contribution in [0.2, 0.25) is 0 Å². The molecule has 1 aromatic carbocycles. The second-order valence-corrected chi connectivity index (χ2v) is 3.87. The maximum absolute atomic E-state index is 9.81. The lowest BCUT2D eigenvalue weighted by molar-refractivity contribution is 0.160. The number of benzene rings is 1. The molecule has 1 aromatic rings. The van der Waals surface area contributed by atoms with Gasteiger partial charge in [0.05, 0.1) is 6.10 Å². The van der Waals surface area contributed by atoms with Gasteiger partial charge in [-0.15, -0.1) is 0 Å². The molecule has 1 atom stereocenters. The van der Waals surface area contributed by atoms with Crippen LogP contribution in [0, 0.1) is 0 Å². The fourth-order valence-electron chi connectivity index (χ4n) is 1.44. The van der Waals surface area contributed by atoms with Gasteiger partial charge in [-0.25, -0.2) is 0 Å². The SMILES string of the molecule is CN(C)CCCC(O)c1ccccc1. The average Bonchev–Trinajstić information content (AvgIpc) is 2.18. The van der Waals surface area contributed by atoms with Gasteiger partial charge in [0.15, 0.2) is 0 Å². The van der Waals surface area contributed by atoms with Crippen LogP contribution in [0.5, 0.6) is 0 Å². The fourth-order valence-corrected chi connectivity index (χ4v) is 1.44. The van der Waals surface area contributed by atoms with Gasteiger partial charge in [0, 0.05) is 0 Å². The first-order valence-corrected chi connectivity index (χ1v) is 5.08. The summed E-state index contributed by atoms with van der Waals surface area (Å²) in [4.78, 5) is 2.14. The Balaban J connectivity index is 2.32. The molecule has 0 spiro atoms. The minimum absolute atomic E-state index is 0.309. The van der Waals surface area contributed by atoms with Gasteiger partial charge in [-0.1, -0.05) is 30.3 Å². The molecule has 0 aliphatic carbocycles. The number of rotatable bonds is 5. The van der Waals surface area contributed by atoms with Crippen molar-refractivity contribution in [3.8, 4) is 0 Å². The maximum atomic E-state index is 9.81. The molecule has 78 valence electrons. The minimum Gasteiger partial charge on any atom is -0.388 e. The number of hydrogen-bond acceptors (Lipinski definition) is 2. The van der Waals surface area contributed by atoms with E-state index in [0.717, 1.165) is 24.9 Å². The van der Waals surface area contributed by atoms with Crippen molar-refractivity contribution in [2.24, 2.45) is 0 Å². The van der Waals surface area contributed by atoms with Gasteiger partial charge in [-0.05, 0) is 39.0 Å². The Morgan fingerprint density at radius 3 is 2.43 bits per heavy atom. The van der Waals surface area contributed by atoms with Crippen LogP contribution in [0.25, 0.3) is 0 Å². The summed E-state index contributed by atoms with van der Waals surface area (Å²) < 4.78 is 0. The lowest BCUT2D eigenvalue weighted by atomic mass is 10.1. The smallest absolute Gasteiger partial charge is 0.0790 e. The highest BCUT2D eigenvalue weighted by atomic mass is 16.3. The van der Waals surface area contributed by atoms with Crippen LogP contribution in [0.3, 0.4) is 0 Å². The van der Waals surface area contributed by atoms with E-state index in [0.29, 0.717) is 0 Å². The van der Waals surface area contributed by atoms with E-state index in [-0.39, 0.29) is 6.10 Å². The molecule has 1 rings (SSSR count). The van der Waals surface area contributed by atoms with Gasteiger partial charge < -0.3 is 10.0 Å². The van der Waals surface area contributed by atoms with E-state index >= 15 is 0 Å². The highest BCUT2D eigenvalue weighted by Gasteiger charge is 2.05. The van der Waals surface area contributed by atoms with Crippen LogP contribution >= 0.6 is 0 Å². The van der Waals surface area contributed by atoms with E-state index in [2.05, 4.69) is 19.0 Å².